The molecule has 0 aliphatic carbocycles. The number of hydrogen-bond donors (Lipinski definition) is 1. The smallest absolute Gasteiger partial charge is 0.0982 e. The first-order chi connectivity index (χ1) is 11.8. The first kappa shape index (κ1) is 15.8. The van der Waals surface area contributed by atoms with Crippen molar-refractivity contribution in [3.8, 4) is 0 Å². The molecule has 4 heteroatoms. The maximum absolute atomic E-state index is 10.5. The molecule has 124 valence electrons. The van der Waals surface area contributed by atoms with Gasteiger partial charge in [-0.25, -0.2) is 4.98 Å². The molecule has 0 amide bonds. The second-order valence-electron chi connectivity index (χ2n) is 6.55. The van der Waals surface area contributed by atoms with Crippen LogP contribution < -0.4 is 0 Å². The maximum atomic E-state index is 10.5. The van der Waals surface area contributed by atoms with E-state index in [0.717, 1.165) is 24.2 Å². The van der Waals surface area contributed by atoms with Crippen molar-refractivity contribution in [1.29, 1.82) is 0 Å². The molecule has 2 heterocycles. The Morgan fingerprint density at radius 3 is 2.75 bits per heavy atom. The van der Waals surface area contributed by atoms with Crippen molar-refractivity contribution in [2.24, 2.45) is 0 Å². The van der Waals surface area contributed by atoms with Crippen molar-refractivity contribution in [2.75, 3.05) is 19.6 Å². The molecular formula is C20H22N2OS. The van der Waals surface area contributed by atoms with Crippen molar-refractivity contribution in [3.05, 3.63) is 65.2 Å². The number of nitrogens with zero attached hydrogens (tertiary/aromatic N) is 2. The number of aliphatic hydroxyl groups is 1. The zero-order chi connectivity index (χ0) is 16.4. The van der Waals surface area contributed by atoms with Gasteiger partial charge in [-0.1, -0.05) is 42.5 Å². The minimum atomic E-state index is -0.416. The summed E-state index contributed by atoms with van der Waals surface area (Å²) >= 11 is 1.82. The predicted octanol–water partition coefficient (Wildman–Crippen LogP) is 4.21. The van der Waals surface area contributed by atoms with Crippen molar-refractivity contribution >= 4 is 21.6 Å². The second kappa shape index (κ2) is 7.01. The van der Waals surface area contributed by atoms with Gasteiger partial charge in [-0.05, 0) is 37.1 Å². The summed E-state index contributed by atoms with van der Waals surface area (Å²) in [4.78, 5) is 7.22. The molecule has 2 aromatic carbocycles. The molecule has 1 aliphatic heterocycles. The van der Waals surface area contributed by atoms with Gasteiger partial charge in [0, 0.05) is 19.0 Å². The van der Waals surface area contributed by atoms with Gasteiger partial charge < -0.3 is 5.11 Å². The molecule has 4 rings (SSSR count). The molecule has 1 aromatic heterocycles. The fraction of sp³-hybridized carbons (Fsp3) is 0.350. The van der Waals surface area contributed by atoms with Crippen molar-refractivity contribution in [3.63, 3.8) is 0 Å². The van der Waals surface area contributed by atoms with E-state index in [1.807, 2.05) is 41.7 Å². The lowest BCUT2D eigenvalue weighted by atomic mass is 9.98. The Balaban J connectivity index is 1.45. The van der Waals surface area contributed by atoms with Crippen LogP contribution in [0.3, 0.4) is 0 Å². The van der Waals surface area contributed by atoms with E-state index in [9.17, 15) is 5.11 Å². The van der Waals surface area contributed by atoms with Crippen molar-refractivity contribution < 1.29 is 5.11 Å². The molecule has 24 heavy (non-hydrogen) atoms. The molecule has 0 saturated carbocycles. The van der Waals surface area contributed by atoms with Crippen LogP contribution in [0.4, 0.5) is 0 Å². The fourth-order valence-electron chi connectivity index (χ4n) is 3.51. The number of piperidine rings is 1. The van der Waals surface area contributed by atoms with Gasteiger partial charge in [0.05, 0.1) is 21.3 Å². The predicted molar refractivity (Wildman–Crippen MR) is 99.4 cm³/mol. The average Bonchev–Trinajstić information content (AvgIpc) is 3.07. The lowest BCUT2D eigenvalue weighted by Crippen LogP contribution is -2.37. The summed E-state index contributed by atoms with van der Waals surface area (Å²) in [6.07, 6.45) is 1.94. The Labute approximate surface area is 146 Å². The quantitative estimate of drug-likeness (QED) is 0.774. The van der Waals surface area contributed by atoms with Crippen LogP contribution in [0.2, 0.25) is 0 Å². The summed E-state index contributed by atoms with van der Waals surface area (Å²) < 4.78 is 1.27. The van der Waals surface area contributed by atoms with Gasteiger partial charge >= 0.3 is 0 Å². The lowest BCUT2D eigenvalue weighted by Gasteiger charge is -2.33. The summed E-state index contributed by atoms with van der Waals surface area (Å²) in [5.74, 6) is 0.485. The van der Waals surface area contributed by atoms with Gasteiger partial charge in [0.25, 0.3) is 0 Å². The molecule has 0 unspecified atom stereocenters. The van der Waals surface area contributed by atoms with E-state index in [0.29, 0.717) is 12.5 Å². The van der Waals surface area contributed by atoms with Crippen LogP contribution in [0.1, 0.15) is 35.4 Å². The average molecular weight is 338 g/mol. The number of thiazole rings is 1. The molecule has 3 nitrogen and oxygen atoms in total. The Bertz CT molecular complexity index is 769. The zero-order valence-corrected chi connectivity index (χ0v) is 14.5. The molecule has 3 aromatic rings. The Hall–Kier alpha value is -1.75. The molecule has 2 atom stereocenters. The standard InChI is InChI=1S/C20H22N2OS/c23-18(15-7-2-1-3-8-15)14-22-12-6-9-16(13-22)20-21-17-10-4-5-11-19(17)24-20/h1-5,7-8,10-11,16,18,23H,6,9,12-14H2/t16-,18-/m0/s1. The van der Waals surface area contributed by atoms with E-state index >= 15 is 0 Å². The summed E-state index contributed by atoms with van der Waals surface area (Å²) in [6, 6.07) is 18.3. The molecule has 1 saturated heterocycles. The molecule has 1 fully saturated rings. The largest absolute Gasteiger partial charge is 0.387 e. The molecule has 1 aliphatic rings. The number of hydrogen-bond acceptors (Lipinski definition) is 4. The highest BCUT2D eigenvalue weighted by Gasteiger charge is 2.25. The summed E-state index contributed by atoms with van der Waals surface area (Å²) in [6.45, 7) is 2.75. The van der Waals surface area contributed by atoms with E-state index in [1.165, 1.54) is 22.5 Å². The number of aromatic nitrogens is 1. The highest BCUT2D eigenvalue weighted by atomic mass is 32.1. The van der Waals surface area contributed by atoms with Gasteiger partial charge in [0.15, 0.2) is 0 Å². The van der Waals surface area contributed by atoms with Crippen molar-refractivity contribution in [2.45, 2.75) is 24.9 Å². The number of β-amino-alcohol motifs (C(OH)–C–C–N with tert-alkyl or cyclic N) is 1. The van der Waals surface area contributed by atoms with Crippen LogP contribution in [0.25, 0.3) is 10.2 Å². The zero-order valence-electron chi connectivity index (χ0n) is 13.6. The number of fused-ring (bicyclic) bond motifs is 1. The summed E-state index contributed by atoms with van der Waals surface area (Å²) in [7, 11) is 0. The molecule has 0 spiro atoms. The minimum Gasteiger partial charge on any atom is -0.387 e. The van der Waals surface area contributed by atoms with E-state index in [4.69, 9.17) is 4.98 Å². The normalized spacial score (nSPS) is 20.3. The highest BCUT2D eigenvalue weighted by molar-refractivity contribution is 7.18. The molecular weight excluding hydrogens is 316 g/mol. The Morgan fingerprint density at radius 2 is 1.92 bits per heavy atom. The van der Waals surface area contributed by atoms with E-state index < -0.39 is 6.10 Å². The van der Waals surface area contributed by atoms with Crippen LogP contribution in [0, 0.1) is 0 Å². The summed E-state index contributed by atoms with van der Waals surface area (Å²) in [5.41, 5.74) is 2.11. The van der Waals surface area contributed by atoms with Crippen LogP contribution in [0.15, 0.2) is 54.6 Å². The third-order valence-corrected chi connectivity index (χ3v) is 5.98. The number of aliphatic hydroxyl groups excluding tert-OH is 1. The summed E-state index contributed by atoms with van der Waals surface area (Å²) in [5, 5.41) is 11.7. The first-order valence-corrected chi connectivity index (χ1v) is 9.42. The van der Waals surface area contributed by atoms with Crippen LogP contribution >= 0.6 is 11.3 Å². The van der Waals surface area contributed by atoms with Crippen LogP contribution in [-0.4, -0.2) is 34.6 Å². The second-order valence-corrected chi connectivity index (χ2v) is 7.61. The van der Waals surface area contributed by atoms with Crippen LogP contribution in [-0.2, 0) is 0 Å². The SMILES string of the molecule is O[C@@H](CN1CCC[C@H](c2nc3ccccc3s2)C1)c1ccccc1. The van der Waals surface area contributed by atoms with Gasteiger partial charge in [0.1, 0.15) is 0 Å². The van der Waals surface area contributed by atoms with E-state index in [2.05, 4.69) is 29.2 Å². The fourth-order valence-corrected chi connectivity index (χ4v) is 4.61. The Kier molecular flexibility index (Phi) is 4.60. The number of benzene rings is 2. The van der Waals surface area contributed by atoms with Gasteiger partial charge in [-0.3, -0.25) is 4.90 Å². The highest BCUT2D eigenvalue weighted by Crippen LogP contribution is 2.33. The monoisotopic (exact) mass is 338 g/mol. The minimum absolute atomic E-state index is 0.416. The van der Waals surface area contributed by atoms with Gasteiger partial charge in [0.2, 0.25) is 0 Å². The van der Waals surface area contributed by atoms with Gasteiger partial charge in [-0.2, -0.15) is 0 Å². The van der Waals surface area contributed by atoms with Crippen molar-refractivity contribution in [1.82, 2.24) is 9.88 Å². The van der Waals surface area contributed by atoms with E-state index in [1.54, 1.807) is 0 Å². The number of para-hydroxylation sites is 1. The van der Waals surface area contributed by atoms with Crippen LogP contribution in [0.5, 0.6) is 0 Å². The third kappa shape index (κ3) is 3.36. The molecule has 0 bridgehead atoms. The molecule has 1 N–H and O–H groups in total. The first-order valence-electron chi connectivity index (χ1n) is 8.60. The maximum Gasteiger partial charge on any atom is 0.0982 e. The molecule has 0 radical (unpaired) electrons. The number of likely N-dealkylation sites (tertiary alicyclic amines) is 1. The lowest BCUT2D eigenvalue weighted by molar-refractivity contribution is 0.0955. The third-order valence-electron chi connectivity index (χ3n) is 4.78. The Morgan fingerprint density at radius 1 is 1.12 bits per heavy atom. The topological polar surface area (TPSA) is 36.4 Å². The van der Waals surface area contributed by atoms with E-state index in [-0.39, 0.29) is 0 Å². The van der Waals surface area contributed by atoms with Gasteiger partial charge in [-0.15, -0.1) is 11.3 Å². The number of rotatable bonds is 4.